The number of rotatable bonds is 17. The first-order valence-electron chi connectivity index (χ1n) is 26.2. The van der Waals surface area contributed by atoms with E-state index in [2.05, 4.69) is 85.5 Å². The van der Waals surface area contributed by atoms with Crippen LogP contribution in [-0.4, -0.2) is 110 Å². The monoisotopic (exact) mass is 1250 g/mol. The van der Waals surface area contributed by atoms with E-state index in [4.69, 9.17) is 35.5 Å². The van der Waals surface area contributed by atoms with Crippen LogP contribution in [0, 0.1) is 22.7 Å². The summed E-state index contributed by atoms with van der Waals surface area (Å²) in [6.45, 7) is 20.6. The summed E-state index contributed by atoms with van der Waals surface area (Å²) in [5, 5.41) is 12.1. The molecular weight excluding hydrogens is 1170 g/mol. The van der Waals surface area contributed by atoms with Crippen molar-refractivity contribution in [3.8, 4) is 34.9 Å². The highest BCUT2D eigenvalue weighted by Crippen LogP contribution is 2.46. The van der Waals surface area contributed by atoms with Gasteiger partial charge < -0.3 is 29.2 Å². The van der Waals surface area contributed by atoms with Crippen LogP contribution in [0.2, 0.25) is 5.15 Å². The molecule has 2 saturated carbocycles. The molecule has 2 amide bonds. The molecule has 0 radical (unpaired) electrons. The number of aromatic nitrogens is 6. The fraction of sp³-hybridized carbons (Fsp3) is 0.464. The van der Waals surface area contributed by atoms with Gasteiger partial charge in [-0.2, -0.15) is 27.0 Å². The summed E-state index contributed by atoms with van der Waals surface area (Å²) in [5.41, 5.74) is 0.675. The lowest BCUT2D eigenvalue weighted by Crippen LogP contribution is -2.41. The van der Waals surface area contributed by atoms with Crippen molar-refractivity contribution in [2.24, 2.45) is 22.7 Å². The van der Waals surface area contributed by atoms with Gasteiger partial charge in [-0.05, 0) is 157 Å². The van der Waals surface area contributed by atoms with Crippen LogP contribution in [0.25, 0.3) is 11.6 Å². The molecule has 20 nitrogen and oxygen atoms in total. The highest BCUT2D eigenvalue weighted by Gasteiger charge is 2.41. The molecule has 448 valence electrons. The maximum absolute atomic E-state index is 13.4. The molecule has 2 aliphatic heterocycles. The van der Waals surface area contributed by atoms with E-state index in [0.29, 0.717) is 71.9 Å². The fourth-order valence-electron chi connectivity index (χ4n) is 9.31. The normalized spacial score (nSPS) is 18.5. The van der Waals surface area contributed by atoms with Crippen LogP contribution in [0.1, 0.15) is 115 Å². The van der Waals surface area contributed by atoms with Crippen molar-refractivity contribution in [3.05, 3.63) is 114 Å². The number of sulfonamides is 2. The third kappa shape index (κ3) is 17.2. The van der Waals surface area contributed by atoms with Crippen molar-refractivity contribution in [1.29, 1.82) is 0 Å². The van der Waals surface area contributed by atoms with E-state index in [-0.39, 0.29) is 81.8 Å². The summed E-state index contributed by atoms with van der Waals surface area (Å²) < 4.78 is 80.0. The minimum atomic E-state index is -4.12. The summed E-state index contributed by atoms with van der Waals surface area (Å²) in [5.74, 6) is 2.85. The molecule has 0 spiro atoms. The van der Waals surface area contributed by atoms with Crippen LogP contribution in [0.5, 0.6) is 23.3 Å². The van der Waals surface area contributed by atoms with Gasteiger partial charge in [-0.1, -0.05) is 39.3 Å². The third-order valence-electron chi connectivity index (χ3n) is 14.4. The maximum atomic E-state index is 13.4. The van der Waals surface area contributed by atoms with E-state index >= 15 is 0 Å². The zero-order valence-electron chi connectivity index (χ0n) is 47.8. The van der Waals surface area contributed by atoms with Gasteiger partial charge in [-0.3, -0.25) is 9.59 Å². The summed E-state index contributed by atoms with van der Waals surface area (Å²) in [7, 11) is -5.25. The molecule has 2 atom stereocenters. The molecular formula is C56H76Cl2N10O10S4. The Morgan fingerprint density at radius 3 is 1.44 bits per heavy atom. The second kappa shape index (κ2) is 26.9. The number of pyridine rings is 2. The Bertz CT molecular complexity index is 3390. The van der Waals surface area contributed by atoms with Crippen LogP contribution >= 0.6 is 51.0 Å². The lowest BCUT2D eigenvalue weighted by molar-refractivity contribution is 0.0972. The number of nitrogens with one attached hydrogen (secondary N) is 3. The van der Waals surface area contributed by atoms with Crippen molar-refractivity contribution < 1.29 is 45.4 Å². The first-order chi connectivity index (χ1) is 37.2. The number of hydrogen-bond donors (Lipinski definition) is 3. The van der Waals surface area contributed by atoms with Gasteiger partial charge in [0.2, 0.25) is 11.8 Å². The Balaban J connectivity index is 0.000000259. The molecule has 6 heterocycles. The molecule has 0 bridgehead atoms. The first kappa shape index (κ1) is 67.0. The lowest BCUT2D eigenvalue weighted by atomic mass is 9.97. The van der Waals surface area contributed by atoms with E-state index in [1.165, 1.54) is 92.5 Å². The van der Waals surface area contributed by atoms with Crippen LogP contribution in [0.15, 0.2) is 107 Å². The van der Waals surface area contributed by atoms with Crippen molar-refractivity contribution in [3.63, 3.8) is 0 Å². The Kier molecular flexibility index (Phi) is 22.0. The van der Waals surface area contributed by atoms with Gasteiger partial charge in [0.15, 0.2) is 11.6 Å². The number of carbonyl (C=O) groups excluding carboxylic acids is 2. The first-order valence-corrected chi connectivity index (χ1v) is 29.5. The second-order valence-corrected chi connectivity index (χ2v) is 26.7. The molecule has 2 aliphatic carbocycles. The summed E-state index contributed by atoms with van der Waals surface area (Å²) >= 11 is 6.17. The molecule has 2 aromatic carbocycles. The molecule has 2 saturated heterocycles. The number of hydrogen-bond acceptors (Lipinski definition) is 16. The highest BCUT2D eigenvalue weighted by molar-refractivity contribution is 7.90. The molecule has 4 aliphatic rings. The molecule has 4 aromatic heterocycles. The predicted molar refractivity (Wildman–Crippen MR) is 328 cm³/mol. The van der Waals surface area contributed by atoms with E-state index in [1.807, 2.05) is 4.72 Å². The third-order valence-corrected chi connectivity index (χ3v) is 17.4. The van der Waals surface area contributed by atoms with Gasteiger partial charge >= 0.3 is 0 Å². The van der Waals surface area contributed by atoms with E-state index < -0.39 is 31.9 Å². The summed E-state index contributed by atoms with van der Waals surface area (Å²) in [4.78, 5) is 36.9. The number of nitrogens with zero attached hydrogens (tertiary/aromatic N) is 7. The minimum Gasteiger partial charge on any atom is -0.497 e. The number of benzene rings is 2. The standard InChI is InChI=1S/C28H35N5O5S.C21H21ClN4O5S.C7H15N.ClH.2H2S/c1-19-16-27(2,3)32(17-19)25-22(26(34)31-39(35,36)21-8-6-20(37-5)7-9-21)10-11-23(29-25)33-15-12-24(30-33)38-18-28(4)13-14-28;1-21(10-11-21)13-31-18-9-12-26(24-18)17-8-7-16(19(22)23-17)20(27)25-32(28,29)15-5-3-14(30-2)4-6-15;1-6-4-7(2,3)8-5-6;;;/h6-12,15,19H,13-14,16-18H2,1-5H3,(H,31,34);3-9,12H,10-11,13H2,1-2H3,(H,25,27);6,8H,4-5H2,1-3H3;1H;2*1H2/t19-;;6-;;;/m0.0.../s1. The average Bonchev–Trinajstić information content (AvgIpc) is 4.13. The Labute approximate surface area is 506 Å². The summed E-state index contributed by atoms with van der Waals surface area (Å²) in [6.07, 6.45) is 10.3. The van der Waals surface area contributed by atoms with Crippen molar-refractivity contribution in [2.45, 2.75) is 115 Å². The number of methoxy groups -OCH3 is 2. The molecule has 0 unspecified atom stereocenters. The number of anilines is 1. The topological polar surface area (TPSA) is 240 Å². The largest absolute Gasteiger partial charge is 0.497 e. The number of amides is 2. The fourth-order valence-corrected chi connectivity index (χ4v) is 11.5. The number of halogens is 2. The molecule has 82 heavy (non-hydrogen) atoms. The molecule has 26 heteroatoms. The van der Waals surface area contributed by atoms with Gasteiger partial charge in [0, 0.05) is 53.0 Å². The van der Waals surface area contributed by atoms with Crippen LogP contribution < -0.4 is 38.6 Å². The quantitative estimate of drug-likeness (QED) is 0.0721. The Morgan fingerprint density at radius 2 is 1.07 bits per heavy atom. The lowest BCUT2D eigenvalue weighted by Gasteiger charge is -2.34. The molecule has 4 fully saturated rings. The second-order valence-electron chi connectivity index (χ2n) is 23.0. The predicted octanol–water partition coefficient (Wildman–Crippen LogP) is 9.47. The van der Waals surface area contributed by atoms with Crippen LogP contribution in [-0.2, 0) is 20.0 Å². The summed E-state index contributed by atoms with van der Waals surface area (Å²) in [6, 6.07) is 21.1. The zero-order chi connectivity index (χ0) is 57.1. The molecule has 6 aromatic rings. The van der Waals surface area contributed by atoms with E-state index in [0.717, 1.165) is 38.0 Å². The molecule has 10 rings (SSSR count). The van der Waals surface area contributed by atoms with Crippen LogP contribution in [0.4, 0.5) is 5.82 Å². The van der Waals surface area contributed by atoms with Gasteiger partial charge in [-0.25, -0.2) is 45.6 Å². The van der Waals surface area contributed by atoms with Crippen LogP contribution in [0.3, 0.4) is 0 Å². The van der Waals surface area contributed by atoms with Gasteiger partial charge in [0.1, 0.15) is 22.5 Å². The van der Waals surface area contributed by atoms with Crippen molar-refractivity contribution in [1.82, 2.24) is 44.3 Å². The highest BCUT2D eigenvalue weighted by atomic mass is 35.5. The number of carbonyl (C=O) groups is 2. The number of ether oxygens (including phenoxy) is 4. The van der Waals surface area contributed by atoms with Gasteiger partial charge in [0.05, 0.1) is 48.4 Å². The van der Waals surface area contributed by atoms with Gasteiger partial charge in [-0.15, -0.1) is 22.6 Å². The van der Waals surface area contributed by atoms with E-state index in [1.54, 1.807) is 41.3 Å². The molecule has 3 N–H and O–H groups in total. The SMILES string of the molecule is COc1ccc(S(=O)(=O)NC(=O)c2ccc(-n3ccc(OCC4(C)CC4)n3)nc2Cl)cc1.COc1ccc(S(=O)(=O)NC(=O)c2ccc(-n3ccc(OCC4(C)CC4)n3)nc2N2C[C@@H](C)CC2(C)C)cc1.C[C@@H]1CNC(C)(C)C1.Cl.S.S. The Hall–Kier alpha value is -5.76. The zero-order valence-corrected chi connectivity index (χ0v) is 53.0. The average molecular weight is 1250 g/mol. The minimum absolute atomic E-state index is 0. The van der Waals surface area contributed by atoms with Crippen molar-refractivity contribution >= 4 is 88.7 Å². The maximum Gasteiger partial charge on any atom is 0.268 e. The van der Waals surface area contributed by atoms with E-state index in [9.17, 15) is 26.4 Å². The Morgan fingerprint density at radius 1 is 0.634 bits per heavy atom. The smallest absolute Gasteiger partial charge is 0.268 e. The van der Waals surface area contributed by atoms with Crippen molar-refractivity contribution in [2.75, 3.05) is 45.4 Å². The van der Waals surface area contributed by atoms with Gasteiger partial charge in [0.25, 0.3) is 31.9 Å².